The number of pyridine rings is 1. The monoisotopic (exact) mass is 486 g/mol. The summed E-state index contributed by atoms with van der Waals surface area (Å²) in [4.78, 5) is 16.3. The predicted octanol–water partition coefficient (Wildman–Crippen LogP) is 3.37. The number of amides is 1. The molecule has 8 nitrogen and oxygen atoms in total. The molecule has 0 saturated heterocycles. The number of carbonyl (C=O) groups excluding carboxylic acids is 1. The first-order valence-electron chi connectivity index (χ1n) is 9.13. The van der Waals surface area contributed by atoms with Crippen LogP contribution in [0.5, 0.6) is 5.88 Å². The van der Waals surface area contributed by atoms with E-state index in [0.717, 1.165) is 0 Å². The number of hydrogen-bond donors (Lipinski definition) is 1. The van der Waals surface area contributed by atoms with E-state index in [1.807, 2.05) is 4.72 Å². The minimum absolute atomic E-state index is 0.0181. The van der Waals surface area contributed by atoms with Crippen molar-refractivity contribution in [1.82, 2.24) is 19.5 Å². The lowest BCUT2D eigenvalue weighted by atomic mass is 10.3. The average molecular weight is 487 g/mol. The van der Waals surface area contributed by atoms with E-state index in [1.165, 1.54) is 53.3 Å². The van der Waals surface area contributed by atoms with E-state index in [1.54, 1.807) is 6.07 Å². The quantitative estimate of drug-likeness (QED) is 0.536. The number of hydrogen-bond acceptors (Lipinski definition) is 6. The van der Waals surface area contributed by atoms with Gasteiger partial charge in [0, 0.05) is 12.3 Å². The largest absolute Gasteiger partial charge is 0.473 e. The summed E-state index contributed by atoms with van der Waals surface area (Å²) >= 11 is 6.06. The highest BCUT2D eigenvalue weighted by atomic mass is 35.5. The maximum atomic E-state index is 12.6. The van der Waals surface area contributed by atoms with E-state index in [-0.39, 0.29) is 33.7 Å². The normalized spacial score (nSPS) is 18.2. The van der Waals surface area contributed by atoms with Crippen LogP contribution in [0, 0.1) is 5.92 Å². The van der Waals surface area contributed by atoms with Gasteiger partial charge in [0.1, 0.15) is 11.3 Å². The molecule has 0 spiro atoms. The van der Waals surface area contributed by atoms with Crippen LogP contribution in [-0.4, -0.2) is 41.4 Å². The lowest BCUT2D eigenvalue weighted by molar-refractivity contribution is -0.153. The average Bonchev–Trinajstić information content (AvgIpc) is 3.36. The molecule has 168 valence electrons. The second-order valence-corrected chi connectivity index (χ2v) is 8.93. The molecule has 1 aromatic carbocycles. The van der Waals surface area contributed by atoms with Gasteiger partial charge < -0.3 is 4.74 Å². The zero-order chi connectivity index (χ0) is 23.1. The minimum atomic E-state index is -4.31. The lowest BCUT2D eigenvalue weighted by Crippen LogP contribution is -2.31. The van der Waals surface area contributed by atoms with E-state index >= 15 is 0 Å². The summed E-state index contributed by atoms with van der Waals surface area (Å²) in [6, 6.07) is 11.3. The van der Waals surface area contributed by atoms with Crippen LogP contribution < -0.4 is 9.46 Å². The van der Waals surface area contributed by atoms with Gasteiger partial charge in [0.15, 0.2) is 5.82 Å². The second-order valence-electron chi connectivity index (χ2n) is 6.89. The van der Waals surface area contributed by atoms with Crippen LogP contribution in [0.2, 0.25) is 5.15 Å². The molecule has 0 bridgehead atoms. The summed E-state index contributed by atoms with van der Waals surface area (Å²) in [6.45, 7) is 0. The van der Waals surface area contributed by atoms with Gasteiger partial charge in [-0.25, -0.2) is 22.8 Å². The van der Waals surface area contributed by atoms with Crippen LogP contribution in [-0.2, 0) is 10.0 Å². The Morgan fingerprint density at radius 2 is 1.88 bits per heavy atom. The third-order valence-electron chi connectivity index (χ3n) is 4.58. The Morgan fingerprint density at radius 1 is 1.16 bits per heavy atom. The molecule has 1 fully saturated rings. The van der Waals surface area contributed by atoms with Crippen molar-refractivity contribution in [3.8, 4) is 11.7 Å². The van der Waals surface area contributed by atoms with Crippen LogP contribution in [0.4, 0.5) is 13.2 Å². The summed E-state index contributed by atoms with van der Waals surface area (Å²) in [5.74, 6) is -2.36. The number of nitrogens with one attached hydrogen (secondary N) is 1. The van der Waals surface area contributed by atoms with E-state index < -0.39 is 34.1 Å². The third kappa shape index (κ3) is 4.70. The topological polar surface area (TPSA) is 103 Å². The number of ether oxygens (including phenoxy) is 1. The maximum absolute atomic E-state index is 12.6. The van der Waals surface area contributed by atoms with E-state index in [4.69, 9.17) is 16.3 Å². The van der Waals surface area contributed by atoms with Gasteiger partial charge in [-0.3, -0.25) is 4.79 Å². The Balaban J connectivity index is 1.46. The van der Waals surface area contributed by atoms with Crippen molar-refractivity contribution in [2.45, 2.75) is 23.6 Å². The zero-order valence-corrected chi connectivity index (χ0v) is 17.5. The number of sulfonamides is 1. The molecule has 2 atom stereocenters. The van der Waals surface area contributed by atoms with Crippen LogP contribution >= 0.6 is 11.6 Å². The Bertz CT molecular complexity index is 1270. The first-order chi connectivity index (χ1) is 15.0. The summed E-state index contributed by atoms with van der Waals surface area (Å²) in [6.07, 6.45) is -4.02. The number of carbonyl (C=O) groups is 1. The molecule has 2 unspecified atom stereocenters. The first kappa shape index (κ1) is 22.1. The molecule has 2 aromatic heterocycles. The molecule has 32 heavy (non-hydrogen) atoms. The molecule has 1 aliphatic carbocycles. The highest BCUT2D eigenvalue weighted by Gasteiger charge is 2.58. The van der Waals surface area contributed by atoms with Gasteiger partial charge in [-0.1, -0.05) is 29.8 Å². The Kier molecular flexibility index (Phi) is 5.59. The number of benzene rings is 1. The number of nitrogens with zero attached hydrogens (tertiary/aromatic N) is 3. The summed E-state index contributed by atoms with van der Waals surface area (Å²) in [5.41, 5.74) is -0.190. The fraction of sp³-hybridized carbons (Fsp3) is 0.211. The fourth-order valence-electron chi connectivity index (χ4n) is 2.86. The molecule has 1 aliphatic rings. The zero-order valence-electron chi connectivity index (χ0n) is 16.0. The number of halogens is 4. The summed E-state index contributed by atoms with van der Waals surface area (Å²) in [7, 11) is -4.10. The van der Waals surface area contributed by atoms with Crippen molar-refractivity contribution >= 4 is 27.5 Å². The molecule has 2 heterocycles. The highest BCUT2D eigenvalue weighted by Crippen LogP contribution is 2.46. The van der Waals surface area contributed by atoms with Gasteiger partial charge in [-0.2, -0.15) is 13.2 Å². The van der Waals surface area contributed by atoms with Crippen molar-refractivity contribution in [1.29, 1.82) is 0 Å². The predicted molar refractivity (Wildman–Crippen MR) is 106 cm³/mol. The van der Waals surface area contributed by atoms with Gasteiger partial charge in [-0.05, 0) is 30.7 Å². The SMILES string of the molecule is O=C(NS(=O)(=O)c1ccccc1)c1ccc(-n2ccc(OC3CC3C(F)(F)F)n2)nc1Cl. The minimum Gasteiger partial charge on any atom is -0.473 e. The number of aromatic nitrogens is 3. The Labute approximate surface area is 185 Å². The van der Waals surface area contributed by atoms with Crippen LogP contribution in [0.15, 0.2) is 59.6 Å². The van der Waals surface area contributed by atoms with Crippen LogP contribution in [0.1, 0.15) is 16.8 Å². The molecule has 13 heteroatoms. The van der Waals surface area contributed by atoms with Gasteiger partial charge in [-0.15, -0.1) is 5.10 Å². The van der Waals surface area contributed by atoms with E-state index in [2.05, 4.69) is 10.1 Å². The smallest absolute Gasteiger partial charge is 0.395 e. The maximum Gasteiger partial charge on any atom is 0.395 e. The van der Waals surface area contributed by atoms with Crippen molar-refractivity contribution in [3.05, 3.63) is 65.4 Å². The molecular formula is C19H14ClF3N4O4S. The number of rotatable bonds is 6. The Hall–Kier alpha value is -3.12. The van der Waals surface area contributed by atoms with Crippen LogP contribution in [0.25, 0.3) is 5.82 Å². The molecule has 0 radical (unpaired) electrons. The van der Waals surface area contributed by atoms with Gasteiger partial charge in [0.25, 0.3) is 15.9 Å². The molecular weight excluding hydrogens is 473 g/mol. The third-order valence-corrected chi connectivity index (χ3v) is 6.22. The number of alkyl halides is 3. The van der Waals surface area contributed by atoms with E-state index in [9.17, 15) is 26.4 Å². The molecule has 3 aromatic rings. The molecule has 1 N–H and O–H groups in total. The Morgan fingerprint density at radius 3 is 2.50 bits per heavy atom. The second kappa shape index (κ2) is 8.10. The first-order valence-corrected chi connectivity index (χ1v) is 11.0. The van der Waals surface area contributed by atoms with Gasteiger partial charge in [0.05, 0.1) is 16.4 Å². The molecule has 1 saturated carbocycles. The fourth-order valence-corrected chi connectivity index (χ4v) is 4.08. The van der Waals surface area contributed by atoms with Crippen molar-refractivity contribution in [3.63, 3.8) is 0 Å². The van der Waals surface area contributed by atoms with Crippen molar-refractivity contribution in [2.75, 3.05) is 0 Å². The van der Waals surface area contributed by atoms with E-state index in [0.29, 0.717) is 0 Å². The van der Waals surface area contributed by atoms with Gasteiger partial charge in [0.2, 0.25) is 5.88 Å². The van der Waals surface area contributed by atoms with Crippen molar-refractivity contribution < 1.29 is 31.1 Å². The van der Waals surface area contributed by atoms with Crippen LogP contribution in [0.3, 0.4) is 0 Å². The molecule has 0 aliphatic heterocycles. The standard InChI is InChI=1S/C19H14ClF3N4O4S/c20-17-12(18(28)26-32(29,30)11-4-2-1-3-5-11)6-7-15(24-17)27-9-8-16(25-27)31-14-10-13(14)19(21,22)23/h1-9,13-14H,10H2,(H,26,28). The highest BCUT2D eigenvalue weighted by molar-refractivity contribution is 7.90. The molecule has 1 amide bonds. The summed E-state index contributed by atoms with van der Waals surface area (Å²) in [5, 5.41) is 3.71. The van der Waals surface area contributed by atoms with Crippen molar-refractivity contribution in [2.24, 2.45) is 5.92 Å². The lowest BCUT2D eigenvalue weighted by Gasteiger charge is -2.09. The van der Waals surface area contributed by atoms with Gasteiger partial charge >= 0.3 is 6.18 Å². The summed E-state index contributed by atoms with van der Waals surface area (Å²) < 4.78 is 70.8. The molecule has 4 rings (SSSR count).